The normalized spacial score (nSPS) is 21.4. The smallest absolute Gasteiger partial charge is 0.251 e. The van der Waals surface area contributed by atoms with Crippen molar-refractivity contribution in [2.24, 2.45) is 0 Å². The maximum absolute atomic E-state index is 12.3. The predicted octanol–water partition coefficient (Wildman–Crippen LogP) is 2.98. The van der Waals surface area contributed by atoms with Crippen LogP contribution in [0.15, 0.2) is 54.6 Å². The van der Waals surface area contributed by atoms with Crippen LogP contribution in [0.25, 0.3) is 0 Å². The summed E-state index contributed by atoms with van der Waals surface area (Å²) >= 11 is 0. The summed E-state index contributed by atoms with van der Waals surface area (Å²) in [5, 5.41) is 6.08. The first kappa shape index (κ1) is 17.0. The molecule has 2 amide bonds. The van der Waals surface area contributed by atoms with Gasteiger partial charge >= 0.3 is 0 Å². The van der Waals surface area contributed by atoms with Crippen LogP contribution in [0.3, 0.4) is 0 Å². The molecule has 2 N–H and O–H groups in total. The van der Waals surface area contributed by atoms with E-state index in [2.05, 4.69) is 10.6 Å². The van der Waals surface area contributed by atoms with Gasteiger partial charge in [-0.2, -0.15) is 0 Å². The molecule has 2 atom stereocenters. The molecule has 0 heterocycles. The number of benzene rings is 1. The van der Waals surface area contributed by atoms with Gasteiger partial charge in [0.15, 0.2) is 0 Å². The number of amides is 2. The average molecular weight is 312 g/mol. The fourth-order valence-corrected chi connectivity index (χ4v) is 2.80. The van der Waals surface area contributed by atoms with E-state index in [-0.39, 0.29) is 23.9 Å². The molecule has 122 valence electrons. The molecule has 1 fully saturated rings. The van der Waals surface area contributed by atoms with Crippen molar-refractivity contribution in [1.29, 1.82) is 0 Å². The highest BCUT2D eigenvalue weighted by Crippen LogP contribution is 2.19. The summed E-state index contributed by atoms with van der Waals surface area (Å²) < 4.78 is 0. The van der Waals surface area contributed by atoms with Gasteiger partial charge in [-0.15, -0.1) is 0 Å². The fraction of sp³-hybridized carbons (Fsp3) is 0.368. The largest absolute Gasteiger partial charge is 0.348 e. The number of allylic oxidation sites excluding steroid dienone is 3. The molecule has 2 rings (SSSR count). The molecule has 23 heavy (non-hydrogen) atoms. The lowest BCUT2D eigenvalue weighted by Crippen LogP contribution is -2.52. The van der Waals surface area contributed by atoms with Crippen LogP contribution >= 0.6 is 0 Å². The molecule has 1 aromatic rings. The van der Waals surface area contributed by atoms with Crippen LogP contribution in [0.4, 0.5) is 0 Å². The number of nitrogens with one attached hydrogen (secondary N) is 2. The molecule has 0 saturated heterocycles. The van der Waals surface area contributed by atoms with Crippen molar-refractivity contribution in [1.82, 2.24) is 10.6 Å². The summed E-state index contributed by atoms with van der Waals surface area (Å²) in [6.07, 6.45) is 10.8. The standard InChI is InChI=1S/C19H24N2O2/c1-2-3-5-14-18(22)20-16-12-8-9-13-17(16)21-19(23)15-10-6-4-7-11-15/h2-7,10-11,14,16-17H,8-9,12-13H2,1H3,(H,20,22)(H,21,23)/t16-,17+/m1/s1. The third-order valence-corrected chi connectivity index (χ3v) is 4.00. The summed E-state index contributed by atoms with van der Waals surface area (Å²) in [7, 11) is 0. The Bertz CT molecular complexity index is 578. The van der Waals surface area contributed by atoms with Crippen molar-refractivity contribution in [3.05, 3.63) is 60.2 Å². The van der Waals surface area contributed by atoms with E-state index >= 15 is 0 Å². The molecule has 0 bridgehead atoms. The second-order valence-corrected chi connectivity index (χ2v) is 5.73. The van der Waals surface area contributed by atoms with Crippen molar-refractivity contribution in [3.63, 3.8) is 0 Å². The molecule has 4 nitrogen and oxygen atoms in total. The minimum absolute atomic E-state index is 0.0147. The lowest BCUT2D eigenvalue weighted by molar-refractivity contribution is -0.117. The molecule has 0 aromatic heterocycles. The van der Waals surface area contributed by atoms with Crippen molar-refractivity contribution < 1.29 is 9.59 Å². The Morgan fingerprint density at radius 1 is 1.00 bits per heavy atom. The summed E-state index contributed by atoms with van der Waals surface area (Å²) in [4.78, 5) is 24.3. The maximum atomic E-state index is 12.3. The van der Waals surface area contributed by atoms with E-state index in [4.69, 9.17) is 0 Å². The first-order valence-corrected chi connectivity index (χ1v) is 8.16. The fourth-order valence-electron chi connectivity index (χ4n) is 2.80. The molecule has 0 spiro atoms. The molecule has 4 heteroatoms. The van der Waals surface area contributed by atoms with Gasteiger partial charge in [-0.25, -0.2) is 0 Å². The third kappa shape index (κ3) is 5.40. The second-order valence-electron chi connectivity index (χ2n) is 5.73. The SMILES string of the molecule is CC=CC=CC(=O)N[C@@H]1CCCC[C@@H]1NC(=O)c1ccccc1. The number of rotatable bonds is 5. The van der Waals surface area contributed by atoms with Gasteiger partial charge in [-0.05, 0) is 31.9 Å². The van der Waals surface area contributed by atoms with Crippen LogP contribution in [0, 0.1) is 0 Å². The zero-order chi connectivity index (χ0) is 16.5. The van der Waals surface area contributed by atoms with E-state index in [1.165, 1.54) is 6.08 Å². The Balaban J connectivity index is 1.95. The lowest BCUT2D eigenvalue weighted by atomic mass is 9.90. The van der Waals surface area contributed by atoms with Crippen LogP contribution in [0.2, 0.25) is 0 Å². The summed E-state index contributed by atoms with van der Waals surface area (Å²) in [5.74, 6) is -0.199. The van der Waals surface area contributed by atoms with E-state index < -0.39 is 0 Å². The van der Waals surface area contributed by atoms with Gasteiger partial charge in [0.05, 0.1) is 0 Å². The number of hydrogen-bond acceptors (Lipinski definition) is 2. The molecular formula is C19H24N2O2. The van der Waals surface area contributed by atoms with Gasteiger partial charge in [0.25, 0.3) is 5.91 Å². The Labute approximate surface area is 137 Å². The first-order chi connectivity index (χ1) is 11.2. The van der Waals surface area contributed by atoms with Crippen LogP contribution in [0.1, 0.15) is 43.0 Å². The Morgan fingerprint density at radius 2 is 1.65 bits per heavy atom. The van der Waals surface area contributed by atoms with Gasteiger partial charge < -0.3 is 10.6 Å². The zero-order valence-corrected chi connectivity index (χ0v) is 13.5. The Hall–Kier alpha value is -2.36. The molecule has 1 saturated carbocycles. The van der Waals surface area contributed by atoms with Crippen molar-refractivity contribution >= 4 is 11.8 Å². The molecule has 1 aromatic carbocycles. The minimum Gasteiger partial charge on any atom is -0.348 e. The van der Waals surface area contributed by atoms with E-state index in [0.717, 1.165) is 25.7 Å². The molecule has 0 unspecified atom stereocenters. The molecule has 1 aliphatic carbocycles. The zero-order valence-electron chi connectivity index (χ0n) is 13.5. The number of hydrogen-bond donors (Lipinski definition) is 2. The van der Waals surface area contributed by atoms with Crippen LogP contribution in [-0.4, -0.2) is 23.9 Å². The third-order valence-electron chi connectivity index (χ3n) is 4.00. The summed E-state index contributed by atoms with van der Waals surface area (Å²) in [5.41, 5.74) is 0.649. The molecular weight excluding hydrogens is 288 g/mol. The quantitative estimate of drug-likeness (QED) is 0.649. The highest BCUT2D eigenvalue weighted by Gasteiger charge is 2.27. The molecule has 1 aliphatic rings. The van der Waals surface area contributed by atoms with Gasteiger partial charge in [0.2, 0.25) is 5.91 Å². The summed E-state index contributed by atoms with van der Waals surface area (Å²) in [6, 6.07) is 9.14. The van der Waals surface area contributed by atoms with Gasteiger partial charge in [0, 0.05) is 23.7 Å². The monoisotopic (exact) mass is 312 g/mol. The van der Waals surface area contributed by atoms with E-state index in [1.54, 1.807) is 18.2 Å². The van der Waals surface area contributed by atoms with Crippen molar-refractivity contribution in [2.45, 2.75) is 44.7 Å². The van der Waals surface area contributed by atoms with Gasteiger partial charge in [-0.1, -0.05) is 49.3 Å². The molecule has 0 radical (unpaired) electrons. The van der Waals surface area contributed by atoms with E-state index in [1.807, 2.05) is 37.3 Å². The minimum atomic E-state index is -0.117. The second kappa shape index (κ2) is 8.93. The topological polar surface area (TPSA) is 58.2 Å². The lowest BCUT2D eigenvalue weighted by Gasteiger charge is -2.32. The Kier molecular flexibility index (Phi) is 6.60. The van der Waals surface area contributed by atoms with Crippen molar-refractivity contribution in [2.75, 3.05) is 0 Å². The van der Waals surface area contributed by atoms with E-state index in [9.17, 15) is 9.59 Å². The number of carbonyl (C=O) groups excluding carboxylic acids is 2. The van der Waals surface area contributed by atoms with Gasteiger partial charge in [0.1, 0.15) is 0 Å². The average Bonchev–Trinajstić information content (AvgIpc) is 2.57. The van der Waals surface area contributed by atoms with Gasteiger partial charge in [-0.3, -0.25) is 9.59 Å². The van der Waals surface area contributed by atoms with Crippen molar-refractivity contribution in [3.8, 4) is 0 Å². The first-order valence-electron chi connectivity index (χ1n) is 8.16. The van der Waals surface area contributed by atoms with Crippen LogP contribution < -0.4 is 10.6 Å². The van der Waals surface area contributed by atoms with Crippen LogP contribution in [0.5, 0.6) is 0 Å². The number of carbonyl (C=O) groups is 2. The highest BCUT2D eigenvalue weighted by atomic mass is 16.2. The predicted molar refractivity (Wildman–Crippen MR) is 92.0 cm³/mol. The maximum Gasteiger partial charge on any atom is 0.251 e. The molecule has 0 aliphatic heterocycles. The Morgan fingerprint density at radius 3 is 2.30 bits per heavy atom. The van der Waals surface area contributed by atoms with E-state index in [0.29, 0.717) is 5.56 Å². The highest BCUT2D eigenvalue weighted by molar-refractivity contribution is 5.94. The van der Waals surface area contributed by atoms with Crippen LogP contribution in [-0.2, 0) is 4.79 Å². The summed E-state index contributed by atoms with van der Waals surface area (Å²) in [6.45, 7) is 1.90.